The van der Waals surface area contributed by atoms with Crippen LogP contribution in [-0.4, -0.2) is 37.2 Å². The third kappa shape index (κ3) is 65.3. The SMILES string of the molecule is CC/C=C\C/C=C\C/C=C\C/C=C\C/C=C\C/C=C\C/C=C\CCCCCCCCCC(=O)OCC(COC(=O)CCCCCCCCCCCCC)OC(=O)CCCCCCCCCCCCCCCCCCCCCCC. The fourth-order valence-corrected chi connectivity index (χ4v) is 9.84. The second-order valence-corrected chi connectivity index (χ2v) is 22.7. The first-order chi connectivity index (χ1) is 39.0. The van der Waals surface area contributed by atoms with Gasteiger partial charge in [-0.3, -0.25) is 14.4 Å². The van der Waals surface area contributed by atoms with Gasteiger partial charge in [0.2, 0.25) is 0 Å². The molecule has 0 aliphatic rings. The zero-order chi connectivity index (χ0) is 57.1. The minimum absolute atomic E-state index is 0.0749. The molecule has 6 heteroatoms. The van der Waals surface area contributed by atoms with E-state index in [1.165, 1.54) is 193 Å². The molecule has 0 saturated carbocycles. The number of unbranched alkanes of at least 4 members (excludes halogenated alkanes) is 37. The minimum Gasteiger partial charge on any atom is -0.462 e. The molecule has 0 amide bonds. The van der Waals surface area contributed by atoms with Crippen molar-refractivity contribution in [2.75, 3.05) is 13.2 Å². The van der Waals surface area contributed by atoms with Crippen LogP contribution in [0.5, 0.6) is 0 Å². The van der Waals surface area contributed by atoms with Crippen molar-refractivity contribution in [1.29, 1.82) is 0 Å². The maximum absolute atomic E-state index is 12.9. The lowest BCUT2D eigenvalue weighted by molar-refractivity contribution is -0.167. The highest BCUT2D eigenvalue weighted by molar-refractivity contribution is 5.71. The summed E-state index contributed by atoms with van der Waals surface area (Å²) in [4.78, 5) is 38.3. The monoisotopic (exact) mass is 1100 g/mol. The van der Waals surface area contributed by atoms with Crippen LogP contribution in [0.4, 0.5) is 0 Å². The molecule has 0 N–H and O–H groups in total. The van der Waals surface area contributed by atoms with E-state index >= 15 is 0 Å². The lowest BCUT2D eigenvalue weighted by Gasteiger charge is -2.18. The Labute approximate surface area is 490 Å². The number of carbonyl (C=O) groups excluding carboxylic acids is 3. The van der Waals surface area contributed by atoms with Crippen molar-refractivity contribution in [3.05, 3.63) is 85.1 Å². The van der Waals surface area contributed by atoms with E-state index in [0.29, 0.717) is 19.3 Å². The maximum atomic E-state index is 12.9. The van der Waals surface area contributed by atoms with Crippen molar-refractivity contribution in [2.45, 2.75) is 348 Å². The number of carbonyl (C=O) groups is 3. The Balaban J connectivity index is 4.26. The van der Waals surface area contributed by atoms with E-state index in [1.54, 1.807) is 0 Å². The number of hydrogen-bond donors (Lipinski definition) is 0. The van der Waals surface area contributed by atoms with E-state index in [4.69, 9.17) is 14.2 Å². The van der Waals surface area contributed by atoms with Gasteiger partial charge >= 0.3 is 17.9 Å². The Morgan fingerprint density at radius 3 is 0.772 bits per heavy atom. The fraction of sp³-hybridized carbons (Fsp3) is 0.767. The van der Waals surface area contributed by atoms with Gasteiger partial charge in [0.05, 0.1) is 0 Å². The Morgan fingerprint density at radius 1 is 0.266 bits per heavy atom. The molecular weight excluding hydrogens is 973 g/mol. The zero-order valence-electron chi connectivity index (χ0n) is 52.4. The van der Waals surface area contributed by atoms with Crippen molar-refractivity contribution in [1.82, 2.24) is 0 Å². The first-order valence-electron chi connectivity index (χ1n) is 34.1. The molecule has 0 aromatic carbocycles. The average Bonchev–Trinajstić information content (AvgIpc) is 3.45. The van der Waals surface area contributed by atoms with Gasteiger partial charge in [0.1, 0.15) is 13.2 Å². The van der Waals surface area contributed by atoms with E-state index in [0.717, 1.165) is 109 Å². The number of hydrogen-bond acceptors (Lipinski definition) is 6. The second-order valence-electron chi connectivity index (χ2n) is 22.7. The van der Waals surface area contributed by atoms with Gasteiger partial charge in [0, 0.05) is 19.3 Å². The third-order valence-corrected chi connectivity index (χ3v) is 14.9. The van der Waals surface area contributed by atoms with Gasteiger partial charge in [-0.05, 0) is 77.0 Å². The van der Waals surface area contributed by atoms with Gasteiger partial charge in [-0.25, -0.2) is 0 Å². The summed E-state index contributed by atoms with van der Waals surface area (Å²) in [5, 5.41) is 0. The Morgan fingerprint density at radius 2 is 0.494 bits per heavy atom. The van der Waals surface area contributed by atoms with Crippen LogP contribution in [0.2, 0.25) is 0 Å². The Bertz CT molecular complexity index is 1500. The Hall–Kier alpha value is -3.41. The van der Waals surface area contributed by atoms with Crippen LogP contribution in [0.3, 0.4) is 0 Å². The molecule has 0 aromatic rings. The van der Waals surface area contributed by atoms with Crippen molar-refractivity contribution in [2.24, 2.45) is 0 Å². The minimum atomic E-state index is -0.779. The van der Waals surface area contributed by atoms with E-state index in [1.807, 2.05) is 0 Å². The topological polar surface area (TPSA) is 78.9 Å². The summed E-state index contributed by atoms with van der Waals surface area (Å²) in [7, 11) is 0. The van der Waals surface area contributed by atoms with Crippen LogP contribution in [-0.2, 0) is 28.6 Å². The lowest BCUT2D eigenvalue weighted by atomic mass is 10.0. The van der Waals surface area contributed by atoms with Crippen molar-refractivity contribution in [3.8, 4) is 0 Å². The summed E-state index contributed by atoms with van der Waals surface area (Å²) < 4.78 is 16.9. The van der Waals surface area contributed by atoms with Crippen LogP contribution in [0.25, 0.3) is 0 Å². The van der Waals surface area contributed by atoms with E-state index < -0.39 is 6.10 Å². The number of rotatable bonds is 62. The molecule has 0 saturated heterocycles. The van der Waals surface area contributed by atoms with Crippen LogP contribution in [0.15, 0.2) is 85.1 Å². The zero-order valence-corrected chi connectivity index (χ0v) is 52.4. The van der Waals surface area contributed by atoms with Gasteiger partial charge in [-0.2, -0.15) is 0 Å². The molecule has 79 heavy (non-hydrogen) atoms. The summed E-state index contributed by atoms with van der Waals surface area (Å²) in [6, 6.07) is 0. The van der Waals surface area contributed by atoms with Crippen molar-refractivity contribution >= 4 is 17.9 Å². The molecule has 0 heterocycles. The molecule has 0 rings (SSSR count). The van der Waals surface area contributed by atoms with Crippen molar-refractivity contribution < 1.29 is 28.6 Å². The highest BCUT2D eigenvalue weighted by Crippen LogP contribution is 2.18. The van der Waals surface area contributed by atoms with Crippen LogP contribution < -0.4 is 0 Å². The largest absolute Gasteiger partial charge is 0.462 e. The number of esters is 3. The molecule has 6 nitrogen and oxygen atoms in total. The molecule has 0 aromatic heterocycles. The predicted octanol–water partition coefficient (Wildman–Crippen LogP) is 23.4. The molecule has 0 aliphatic carbocycles. The van der Waals surface area contributed by atoms with Gasteiger partial charge in [-0.15, -0.1) is 0 Å². The summed E-state index contributed by atoms with van der Waals surface area (Å²) in [5.41, 5.74) is 0. The van der Waals surface area contributed by atoms with E-state index in [-0.39, 0.29) is 31.1 Å². The quantitative estimate of drug-likeness (QED) is 0.0261. The smallest absolute Gasteiger partial charge is 0.306 e. The molecule has 0 radical (unpaired) electrons. The first kappa shape index (κ1) is 75.6. The van der Waals surface area contributed by atoms with Gasteiger partial charge in [0.15, 0.2) is 6.10 Å². The highest BCUT2D eigenvalue weighted by Gasteiger charge is 2.19. The van der Waals surface area contributed by atoms with Crippen LogP contribution >= 0.6 is 0 Å². The van der Waals surface area contributed by atoms with E-state index in [9.17, 15) is 14.4 Å². The predicted molar refractivity (Wildman–Crippen MR) is 344 cm³/mol. The standard InChI is InChI=1S/C73H128O6/c1-4-7-10-13-16-19-22-24-26-28-30-32-33-34-35-36-37-38-39-41-42-44-46-48-51-54-57-60-63-66-72(75)78-69-70(68-77-71(74)65-62-59-56-53-50-21-18-15-12-9-6-3)79-73(76)67-64-61-58-55-52-49-47-45-43-40-31-29-27-25-23-20-17-14-11-8-5-2/h7,10,16,19,24,26,30,32,34-35,37-38,41-42,70H,4-6,8-9,11-15,17-18,20-23,25,27-29,31,33,36,39-40,43-69H2,1-3H3/b10-7-,19-16-,26-24-,32-30-,35-34-,38-37-,42-41-. The number of allylic oxidation sites excluding steroid dienone is 14. The normalized spacial score (nSPS) is 12.6. The molecule has 1 atom stereocenters. The molecule has 0 bridgehead atoms. The average molecular weight is 1100 g/mol. The number of ether oxygens (including phenoxy) is 3. The summed E-state index contributed by atoms with van der Waals surface area (Å²) in [6.45, 7) is 6.56. The van der Waals surface area contributed by atoms with Crippen molar-refractivity contribution in [3.63, 3.8) is 0 Å². The van der Waals surface area contributed by atoms with Gasteiger partial charge < -0.3 is 14.2 Å². The summed E-state index contributed by atoms with van der Waals surface area (Å²) in [5.74, 6) is -0.869. The Kier molecular flexibility index (Phi) is 64.2. The second kappa shape index (κ2) is 67.1. The molecule has 1 unspecified atom stereocenters. The third-order valence-electron chi connectivity index (χ3n) is 14.9. The lowest BCUT2D eigenvalue weighted by Crippen LogP contribution is -2.30. The van der Waals surface area contributed by atoms with Gasteiger partial charge in [-0.1, -0.05) is 331 Å². The highest BCUT2D eigenvalue weighted by atomic mass is 16.6. The van der Waals surface area contributed by atoms with Crippen LogP contribution in [0.1, 0.15) is 342 Å². The summed E-state index contributed by atoms with van der Waals surface area (Å²) in [6.07, 6.45) is 88.9. The first-order valence-corrected chi connectivity index (χ1v) is 34.1. The molecule has 0 fully saturated rings. The van der Waals surface area contributed by atoms with Gasteiger partial charge in [0.25, 0.3) is 0 Å². The molecule has 0 aliphatic heterocycles. The molecular formula is C73H128O6. The fourth-order valence-electron chi connectivity index (χ4n) is 9.84. The maximum Gasteiger partial charge on any atom is 0.306 e. The summed E-state index contributed by atoms with van der Waals surface area (Å²) >= 11 is 0. The molecule has 0 spiro atoms. The molecule has 456 valence electrons. The van der Waals surface area contributed by atoms with Crippen LogP contribution in [0, 0.1) is 0 Å². The van der Waals surface area contributed by atoms with E-state index in [2.05, 4.69) is 106 Å².